The van der Waals surface area contributed by atoms with E-state index >= 15 is 0 Å². The maximum atomic E-state index is 14.6. The minimum absolute atomic E-state index is 0.0545. The molecule has 20 heteroatoms. The predicted molar refractivity (Wildman–Crippen MR) is 213 cm³/mol. The number of nitrogens with two attached hydrogens (primary N) is 1. The van der Waals surface area contributed by atoms with Crippen molar-refractivity contribution >= 4 is 46.7 Å². The van der Waals surface area contributed by atoms with Gasteiger partial charge in [-0.3, -0.25) is 19.2 Å². The first-order chi connectivity index (χ1) is 28.5. The molecule has 0 aliphatic carbocycles. The Bertz CT molecular complexity index is 2280. The van der Waals surface area contributed by atoms with Gasteiger partial charge >= 0.3 is 12.1 Å². The van der Waals surface area contributed by atoms with Gasteiger partial charge in [-0.25, -0.2) is 14.1 Å². The van der Waals surface area contributed by atoms with Crippen LogP contribution in [0.25, 0.3) is 16.9 Å². The van der Waals surface area contributed by atoms with Crippen LogP contribution in [-0.2, 0) is 22.8 Å². The molecular weight excluding hydrogens is 812 g/mol. The number of hydrogen-bond donors (Lipinski definition) is 4. The second-order valence-electron chi connectivity index (χ2n) is 15.8. The molecule has 320 valence electrons. The third kappa shape index (κ3) is 9.12. The number of carboxylic acids is 1. The van der Waals surface area contributed by atoms with E-state index in [-0.39, 0.29) is 63.3 Å². The first-order valence-electron chi connectivity index (χ1n) is 19.7. The molecule has 0 radical (unpaired) electrons. The van der Waals surface area contributed by atoms with Gasteiger partial charge in [-0.15, -0.1) is 0 Å². The van der Waals surface area contributed by atoms with Crippen molar-refractivity contribution in [1.82, 2.24) is 34.4 Å². The number of rotatable bonds is 12. The Balaban J connectivity index is 0.949. The van der Waals surface area contributed by atoms with Crippen LogP contribution in [0.2, 0.25) is 5.02 Å². The molecule has 3 amide bonds. The normalized spacial score (nSPS) is 19.9. The van der Waals surface area contributed by atoms with Crippen LogP contribution < -0.4 is 16.4 Å². The Kier molecular flexibility index (Phi) is 12.2. The third-order valence-electron chi connectivity index (χ3n) is 11.8. The number of nitrogen functional groups attached to an aromatic ring is 1. The molecule has 0 unspecified atom stereocenters. The first-order valence-corrected chi connectivity index (χ1v) is 20.1. The highest BCUT2D eigenvalue weighted by molar-refractivity contribution is 6.34. The van der Waals surface area contributed by atoms with Gasteiger partial charge < -0.3 is 40.3 Å². The number of piperazine rings is 1. The molecule has 5 heterocycles. The summed E-state index contributed by atoms with van der Waals surface area (Å²) in [7, 11) is 1.35. The fourth-order valence-electron chi connectivity index (χ4n) is 8.44. The molecule has 0 saturated carbocycles. The van der Waals surface area contributed by atoms with Gasteiger partial charge in [0, 0.05) is 95.0 Å². The van der Waals surface area contributed by atoms with Crippen LogP contribution in [0.4, 0.5) is 28.9 Å². The van der Waals surface area contributed by atoms with Crippen LogP contribution in [0.3, 0.4) is 0 Å². The number of aromatic nitrogens is 4. The predicted octanol–water partition coefficient (Wildman–Crippen LogP) is 4.51. The van der Waals surface area contributed by atoms with Crippen LogP contribution >= 0.6 is 11.6 Å². The quantitative estimate of drug-likeness (QED) is 0.0906. The van der Waals surface area contributed by atoms with Crippen molar-refractivity contribution in [2.45, 2.75) is 31.9 Å². The van der Waals surface area contributed by atoms with Crippen molar-refractivity contribution in [2.75, 3.05) is 76.5 Å². The zero-order chi connectivity index (χ0) is 42.9. The summed E-state index contributed by atoms with van der Waals surface area (Å²) < 4.78 is 59.7. The molecule has 3 saturated heterocycles. The van der Waals surface area contributed by atoms with Crippen LogP contribution in [0.5, 0.6) is 0 Å². The number of piperidine rings is 1. The molecule has 0 atom stereocenters. The topological polar surface area (TPSA) is 181 Å². The maximum absolute atomic E-state index is 14.6. The van der Waals surface area contributed by atoms with E-state index in [4.69, 9.17) is 17.3 Å². The molecule has 60 heavy (non-hydrogen) atoms. The number of quaternary nitrogens is 1. The van der Waals surface area contributed by atoms with Gasteiger partial charge in [0.15, 0.2) is 17.3 Å². The van der Waals surface area contributed by atoms with Gasteiger partial charge in [-0.1, -0.05) is 11.6 Å². The number of benzene rings is 2. The first kappa shape index (κ1) is 42.6. The molecule has 3 fully saturated rings. The second-order valence-corrected chi connectivity index (χ2v) is 16.2. The molecule has 3 aliphatic rings. The highest BCUT2D eigenvalue weighted by atomic mass is 35.5. The Morgan fingerprint density at radius 2 is 1.73 bits per heavy atom. The Hall–Kier alpha value is -5.53. The number of hydrogen-bond acceptors (Lipinski definition) is 8. The number of alkyl halides is 3. The van der Waals surface area contributed by atoms with E-state index in [1.54, 1.807) is 4.90 Å². The summed E-state index contributed by atoms with van der Waals surface area (Å²) in [4.78, 5) is 59.2. The second kappa shape index (κ2) is 17.2. The van der Waals surface area contributed by atoms with Gasteiger partial charge in [0.2, 0.25) is 5.91 Å². The number of halogens is 5. The molecule has 0 spiro atoms. The molecule has 2 aromatic heterocycles. The Morgan fingerprint density at radius 3 is 2.35 bits per heavy atom. The zero-order valence-electron chi connectivity index (χ0n) is 32.9. The number of aliphatic carboxylic acids is 1. The lowest BCUT2D eigenvalue weighted by Gasteiger charge is -2.47. The fraction of sp³-hybridized carbons (Fsp3) is 0.450. The summed E-state index contributed by atoms with van der Waals surface area (Å²) >= 11 is 6.55. The minimum Gasteiger partial charge on any atom is -0.481 e. The average molecular weight is 858 g/mol. The number of nitrogens with one attached hydrogen (secondary N) is 2. The minimum atomic E-state index is -4.93. The van der Waals surface area contributed by atoms with E-state index in [1.807, 2.05) is 4.90 Å². The molecule has 7 rings (SSSR count). The third-order valence-corrected chi connectivity index (χ3v) is 12.1. The van der Waals surface area contributed by atoms with E-state index in [9.17, 15) is 41.8 Å². The van der Waals surface area contributed by atoms with Crippen LogP contribution in [0.1, 0.15) is 52.4 Å². The van der Waals surface area contributed by atoms with E-state index in [0.29, 0.717) is 38.5 Å². The lowest BCUT2D eigenvalue weighted by Crippen LogP contribution is -2.61. The van der Waals surface area contributed by atoms with Gasteiger partial charge in [0.25, 0.3) is 11.8 Å². The summed E-state index contributed by atoms with van der Waals surface area (Å²) in [5.74, 6) is -2.51. The van der Waals surface area contributed by atoms with E-state index in [2.05, 4.69) is 20.7 Å². The molecule has 15 nitrogen and oxygen atoms in total. The summed E-state index contributed by atoms with van der Waals surface area (Å²) in [6.45, 7) is 6.77. The van der Waals surface area contributed by atoms with E-state index in [1.165, 1.54) is 37.4 Å². The van der Waals surface area contributed by atoms with Crippen molar-refractivity contribution in [2.24, 2.45) is 18.9 Å². The highest BCUT2D eigenvalue weighted by Crippen LogP contribution is 2.37. The highest BCUT2D eigenvalue weighted by Gasteiger charge is 2.41. The number of imidazole rings is 1. The largest absolute Gasteiger partial charge is 0.481 e. The van der Waals surface area contributed by atoms with E-state index < -0.39 is 35.1 Å². The molecule has 2 aromatic carbocycles. The fourth-order valence-corrected chi connectivity index (χ4v) is 8.70. The number of carbonyl (C=O) groups is 4. The monoisotopic (exact) mass is 857 g/mol. The van der Waals surface area contributed by atoms with Gasteiger partial charge in [0.05, 0.1) is 60.6 Å². The number of amides is 3. The van der Waals surface area contributed by atoms with Crippen LogP contribution in [0.15, 0.2) is 48.8 Å². The van der Waals surface area contributed by atoms with Crippen molar-refractivity contribution in [3.05, 3.63) is 76.7 Å². The molecule has 4 aromatic rings. The number of likely N-dealkylation sites (tertiary alicyclic amines) is 1. The number of anilines is 2. The number of carboxylic acid groups (broad SMARTS) is 1. The smallest absolute Gasteiger partial charge is 0.435 e. The van der Waals surface area contributed by atoms with Gasteiger partial charge in [-0.05, 0) is 36.4 Å². The lowest BCUT2D eigenvalue weighted by atomic mass is 9.90. The molecule has 5 N–H and O–H groups in total. The summed E-state index contributed by atoms with van der Waals surface area (Å²) in [5, 5.41) is 18.8. The summed E-state index contributed by atoms with van der Waals surface area (Å²) in [6.07, 6.45) is -0.625. The standard InChI is InChI=1S/C40H45ClF4N10O5/c1-51-33(29-22-54(50-35(29)40(43,44)45)32-7-4-26(46)17-31(32)42)21-48-36(51)37(58)49-27-5-6-28(30(41)18-27)39(60)53-12-10-52(11-13-53)38(59)25-8-15-55(16-9-25,14-2-3-34(56)57)23-24-19-47-20-24/h4-7,17-18,21-22,24-25,47H,2-3,8-16,19-20,23,46H2,1H3,(H-,49,56,57,58,60)/p+1. The molecular formula is C40H46ClF4N10O5+. The average Bonchev–Trinajstić information content (AvgIpc) is 3.80. The van der Waals surface area contributed by atoms with Crippen molar-refractivity contribution < 1.29 is 46.3 Å². The van der Waals surface area contributed by atoms with Crippen molar-refractivity contribution in [3.8, 4) is 16.9 Å². The number of nitrogens with zero attached hydrogens (tertiary/aromatic N) is 7. The zero-order valence-corrected chi connectivity index (χ0v) is 33.6. The summed E-state index contributed by atoms with van der Waals surface area (Å²) in [6, 6.07) is 7.80. The van der Waals surface area contributed by atoms with Gasteiger partial charge in [0.1, 0.15) is 5.69 Å². The lowest BCUT2D eigenvalue weighted by molar-refractivity contribution is -0.936. The van der Waals surface area contributed by atoms with Gasteiger partial charge in [-0.2, -0.15) is 18.3 Å². The molecule has 3 aliphatic heterocycles. The van der Waals surface area contributed by atoms with Crippen molar-refractivity contribution in [3.63, 3.8) is 0 Å². The van der Waals surface area contributed by atoms with Crippen LogP contribution in [-0.4, -0.2) is 128 Å². The number of carbonyl (C=O) groups excluding carboxylic acids is 3. The van der Waals surface area contributed by atoms with E-state index in [0.717, 1.165) is 84.3 Å². The molecule has 0 bridgehead atoms. The summed E-state index contributed by atoms with van der Waals surface area (Å²) in [5.41, 5.74) is 3.92. The SMILES string of the molecule is Cn1c(-c2cn(-c3ccc(N)cc3F)nc2C(F)(F)F)cnc1C(=O)Nc1ccc(C(=O)N2CCN(C(=O)C3CC[N+](CCCC(=O)O)(CC4CNC4)CC3)CC2)c(Cl)c1. The van der Waals surface area contributed by atoms with Crippen molar-refractivity contribution in [1.29, 1.82) is 0 Å². The maximum Gasteiger partial charge on any atom is 0.435 e. The Morgan fingerprint density at radius 1 is 1.03 bits per heavy atom. The Labute approximate surface area is 347 Å². The van der Waals surface area contributed by atoms with Crippen LogP contribution in [0, 0.1) is 17.7 Å².